The molecule has 2 aromatic carbocycles. The molecule has 0 saturated carbocycles. The molecule has 0 unspecified atom stereocenters. The second kappa shape index (κ2) is 8.62. The lowest BCUT2D eigenvalue weighted by atomic mass is 10.2. The lowest BCUT2D eigenvalue weighted by molar-refractivity contribution is -0.116. The van der Waals surface area contributed by atoms with E-state index in [1.165, 1.54) is 36.4 Å². The van der Waals surface area contributed by atoms with Crippen LogP contribution in [-0.2, 0) is 14.8 Å². The van der Waals surface area contributed by atoms with E-state index in [9.17, 15) is 17.6 Å². The Hall–Kier alpha value is -1.96. The number of aryl methyl sites for hydroxylation is 1. The fourth-order valence-corrected chi connectivity index (χ4v) is 3.98. The van der Waals surface area contributed by atoms with Crippen molar-refractivity contribution in [2.45, 2.75) is 25.2 Å². The first-order valence-electron chi connectivity index (χ1n) is 8.05. The van der Waals surface area contributed by atoms with Crippen LogP contribution in [0.4, 0.5) is 10.1 Å². The van der Waals surface area contributed by atoms with Gasteiger partial charge in [0.05, 0.1) is 11.4 Å². The summed E-state index contributed by atoms with van der Waals surface area (Å²) in [6.45, 7) is 3.36. The molecule has 0 bridgehead atoms. The molecule has 8 heteroatoms. The molecule has 2 rings (SSSR count). The van der Waals surface area contributed by atoms with Crippen molar-refractivity contribution in [2.24, 2.45) is 0 Å². The van der Waals surface area contributed by atoms with Crippen LogP contribution in [0.3, 0.4) is 0 Å². The van der Waals surface area contributed by atoms with Gasteiger partial charge in [-0.05, 0) is 55.3 Å². The van der Waals surface area contributed by atoms with Crippen LogP contribution in [0.5, 0.6) is 0 Å². The monoisotopic (exact) mass is 398 g/mol. The Kier molecular flexibility index (Phi) is 6.75. The number of sulfonamides is 1. The highest BCUT2D eigenvalue weighted by molar-refractivity contribution is 7.89. The van der Waals surface area contributed by atoms with Crippen LogP contribution in [0.2, 0.25) is 5.02 Å². The third-order valence-electron chi connectivity index (χ3n) is 3.72. The molecule has 0 aliphatic rings. The van der Waals surface area contributed by atoms with Gasteiger partial charge in [-0.2, -0.15) is 4.31 Å². The minimum absolute atomic E-state index is 0.0603. The highest BCUT2D eigenvalue weighted by Gasteiger charge is 2.26. The van der Waals surface area contributed by atoms with Gasteiger partial charge in [0.1, 0.15) is 5.82 Å². The lowest BCUT2D eigenvalue weighted by Crippen LogP contribution is -2.38. The number of nitrogens with one attached hydrogen (secondary N) is 1. The zero-order valence-electron chi connectivity index (χ0n) is 14.5. The predicted octanol–water partition coefficient (Wildman–Crippen LogP) is 3.83. The zero-order valence-corrected chi connectivity index (χ0v) is 16.1. The number of hydrogen-bond acceptors (Lipinski definition) is 3. The maximum absolute atomic E-state index is 13.4. The Balaban J connectivity index is 2.20. The van der Waals surface area contributed by atoms with Gasteiger partial charge in [0, 0.05) is 17.3 Å². The first kappa shape index (κ1) is 20.4. The van der Waals surface area contributed by atoms with Crippen LogP contribution in [0, 0.1) is 12.7 Å². The normalized spacial score (nSPS) is 11.6. The minimum Gasteiger partial charge on any atom is -0.325 e. The van der Waals surface area contributed by atoms with Gasteiger partial charge in [0.25, 0.3) is 0 Å². The number of carbonyl (C=O) groups excluding carboxylic acids is 1. The predicted molar refractivity (Wildman–Crippen MR) is 100 cm³/mol. The van der Waals surface area contributed by atoms with Crippen LogP contribution in [0.25, 0.3) is 0 Å². The van der Waals surface area contributed by atoms with E-state index in [2.05, 4.69) is 5.32 Å². The highest BCUT2D eigenvalue weighted by Crippen LogP contribution is 2.20. The fraction of sp³-hybridized carbons (Fsp3) is 0.278. The van der Waals surface area contributed by atoms with E-state index >= 15 is 0 Å². The van der Waals surface area contributed by atoms with Crippen molar-refractivity contribution in [3.05, 3.63) is 58.9 Å². The summed E-state index contributed by atoms with van der Waals surface area (Å²) in [6, 6.07) is 9.79. The molecule has 0 radical (unpaired) electrons. The maximum atomic E-state index is 13.4. The fourth-order valence-electron chi connectivity index (χ4n) is 2.37. The number of carbonyl (C=O) groups is 1. The van der Waals surface area contributed by atoms with Crippen LogP contribution in [0.15, 0.2) is 47.4 Å². The molecule has 0 aliphatic heterocycles. The summed E-state index contributed by atoms with van der Waals surface area (Å²) >= 11 is 5.80. The van der Waals surface area contributed by atoms with Crippen LogP contribution >= 0.6 is 11.6 Å². The Bertz CT molecular complexity index is 886. The molecule has 140 valence electrons. The molecule has 0 saturated heterocycles. The summed E-state index contributed by atoms with van der Waals surface area (Å²) in [5, 5.41) is 2.99. The molecule has 0 spiro atoms. The SMILES string of the molecule is CCCN(CC(=O)Nc1cc(F)ccc1C)S(=O)(=O)c1ccc(Cl)cc1. The summed E-state index contributed by atoms with van der Waals surface area (Å²) < 4.78 is 40.0. The molecule has 1 amide bonds. The lowest BCUT2D eigenvalue weighted by Gasteiger charge is -2.21. The molecule has 0 fully saturated rings. The molecular weight excluding hydrogens is 379 g/mol. The first-order valence-corrected chi connectivity index (χ1v) is 9.87. The maximum Gasteiger partial charge on any atom is 0.243 e. The van der Waals surface area contributed by atoms with Crippen molar-refractivity contribution in [3.8, 4) is 0 Å². The molecule has 0 heterocycles. The number of halogens is 2. The van der Waals surface area contributed by atoms with E-state index in [0.717, 1.165) is 4.31 Å². The molecule has 1 N–H and O–H groups in total. The summed E-state index contributed by atoms with van der Waals surface area (Å²) in [5.74, 6) is -1.02. The molecule has 0 aliphatic carbocycles. The Morgan fingerprint density at radius 1 is 1.19 bits per heavy atom. The van der Waals surface area contributed by atoms with Gasteiger partial charge in [-0.3, -0.25) is 4.79 Å². The Morgan fingerprint density at radius 2 is 1.85 bits per heavy atom. The van der Waals surface area contributed by atoms with E-state index < -0.39 is 21.7 Å². The molecule has 5 nitrogen and oxygen atoms in total. The van der Waals surface area contributed by atoms with Gasteiger partial charge < -0.3 is 5.32 Å². The van der Waals surface area contributed by atoms with Crippen LogP contribution in [0.1, 0.15) is 18.9 Å². The van der Waals surface area contributed by atoms with Crippen molar-refractivity contribution < 1.29 is 17.6 Å². The molecular formula is C18H20ClFN2O3S. The molecule has 26 heavy (non-hydrogen) atoms. The van der Waals surface area contributed by atoms with Crippen molar-refractivity contribution >= 4 is 33.2 Å². The topological polar surface area (TPSA) is 66.5 Å². The van der Waals surface area contributed by atoms with E-state index in [0.29, 0.717) is 22.7 Å². The van der Waals surface area contributed by atoms with Gasteiger partial charge in [-0.15, -0.1) is 0 Å². The standard InChI is InChI=1S/C18H20ClFN2O3S/c1-3-10-22(26(24,25)16-8-5-14(19)6-9-16)12-18(23)21-17-11-15(20)7-4-13(17)2/h4-9,11H,3,10,12H2,1-2H3,(H,21,23). The average molecular weight is 399 g/mol. The highest BCUT2D eigenvalue weighted by atomic mass is 35.5. The molecule has 0 aromatic heterocycles. The minimum atomic E-state index is -3.85. The average Bonchev–Trinajstić information content (AvgIpc) is 2.58. The van der Waals surface area contributed by atoms with Crippen molar-refractivity contribution in [3.63, 3.8) is 0 Å². The van der Waals surface area contributed by atoms with Gasteiger partial charge in [-0.1, -0.05) is 24.6 Å². The van der Waals surface area contributed by atoms with Gasteiger partial charge in [0.15, 0.2) is 0 Å². The van der Waals surface area contributed by atoms with Crippen LogP contribution < -0.4 is 5.32 Å². The Morgan fingerprint density at radius 3 is 2.46 bits per heavy atom. The second-order valence-electron chi connectivity index (χ2n) is 5.80. The second-order valence-corrected chi connectivity index (χ2v) is 8.17. The third-order valence-corrected chi connectivity index (χ3v) is 5.83. The van der Waals surface area contributed by atoms with E-state index in [-0.39, 0.29) is 18.0 Å². The summed E-state index contributed by atoms with van der Waals surface area (Å²) in [4.78, 5) is 12.4. The molecule has 0 atom stereocenters. The van der Waals surface area contributed by atoms with Gasteiger partial charge >= 0.3 is 0 Å². The summed E-state index contributed by atoms with van der Waals surface area (Å²) in [5.41, 5.74) is 0.998. The number of anilines is 1. The summed E-state index contributed by atoms with van der Waals surface area (Å²) in [6.07, 6.45) is 0.541. The van der Waals surface area contributed by atoms with Gasteiger partial charge in [-0.25, -0.2) is 12.8 Å². The van der Waals surface area contributed by atoms with Crippen molar-refractivity contribution in [1.29, 1.82) is 0 Å². The van der Waals surface area contributed by atoms with E-state index in [1.807, 2.05) is 6.92 Å². The Labute approximate surface area is 157 Å². The van der Waals surface area contributed by atoms with Gasteiger partial charge in [0.2, 0.25) is 15.9 Å². The van der Waals surface area contributed by atoms with E-state index in [1.54, 1.807) is 13.0 Å². The largest absolute Gasteiger partial charge is 0.325 e. The molecule has 2 aromatic rings. The number of hydrogen-bond donors (Lipinski definition) is 1. The number of amides is 1. The van der Waals surface area contributed by atoms with E-state index in [4.69, 9.17) is 11.6 Å². The first-order chi connectivity index (χ1) is 12.2. The zero-order chi connectivity index (χ0) is 19.3. The third kappa shape index (κ3) is 5.03. The number of nitrogens with zero attached hydrogens (tertiary/aromatic N) is 1. The quantitative estimate of drug-likeness (QED) is 0.770. The smallest absolute Gasteiger partial charge is 0.243 e. The van der Waals surface area contributed by atoms with Crippen molar-refractivity contribution in [2.75, 3.05) is 18.4 Å². The van der Waals surface area contributed by atoms with Crippen molar-refractivity contribution in [1.82, 2.24) is 4.31 Å². The number of rotatable bonds is 7. The van der Waals surface area contributed by atoms with Crippen LogP contribution in [-0.4, -0.2) is 31.7 Å². The number of benzene rings is 2. The summed E-state index contributed by atoms with van der Waals surface area (Å²) in [7, 11) is -3.85.